The molecule has 1 aliphatic rings. The lowest BCUT2D eigenvalue weighted by molar-refractivity contribution is 0.220. The van der Waals surface area contributed by atoms with Crippen LogP contribution in [-0.2, 0) is 12.0 Å². The largest absolute Gasteiger partial charge is 0.507 e. The van der Waals surface area contributed by atoms with Gasteiger partial charge in [0.1, 0.15) is 5.75 Å². The molecule has 19 heavy (non-hydrogen) atoms. The van der Waals surface area contributed by atoms with Crippen molar-refractivity contribution in [1.82, 2.24) is 4.90 Å². The van der Waals surface area contributed by atoms with Gasteiger partial charge in [0, 0.05) is 6.54 Å². The lowest BCUT2D eigenvalue weighted by Crippen LogP contribution is -2.29. The zero-order valence-electron chi connectivity index (χ0n) is 12.8. The highest BCUT2D eigenvalue weighted by Crippen LogP contribution is 2.34. The van der Waals surface area contributed by atoms with Gasteiger partial charge in [0.15, 0.2) is 0 Å². The van der Waals surface area contributed by atoms with Gasteiger partial charge in [-0.2, -0.15) is 0 Å². The summed E-state index contributed by atoms with van der Waals surface area (Å²) >= 11 is 0. The number of rotatable bonds is 2. The summed E-state index contributed by atoms with van der Waals surface area (Å²) in [4.78, 5) is 2.53. The summed E-state index contributed by atoms with van der Waals surface area (Å²) in [7, 11) is 0. The maximum Gasteiger partial charge on any atom is 0.122 e. The van der Waals surface area contributed by atoms with Gasteiger partial charge in [-0.3, -0.25) is 4.90 Å². The summed E-state index contributed by atoms with van der Waals surface area (Å²) in [5.74, 6) is 0.467. The van der Waals surface area contributed by atoms with Crippen LogP contribution in [-0.4, -0.2) is 23.1 Å². The van der Waals surface area contributed by atoms with Crippen LogP contribution in [0.4, 0.5) is 0 Å². The Hall–Kier alpha value is -1.02. The maximum absolute atomic E-state index is 10.2. The van der Waals surface area contributed by atoms with E-state index in [0.717, 1.165) is 17.7 Å². The van der Waals surface area contributed by atoms with E-state index in [1.807, 2.05) is 6.92 Å². The summed E-state index contributed by atoms with van der Waals surface area (Å²) in [6, 6.07) is 4.33. The third kappa shape index (κ3) is 3.50. The molecular formula is C17H27NO. The fourth-order valence-electron chi connectivity index (χ4n) is 2.89. The Balaban J connectivity index is 2.23. The summed E-state index contributed by atoms with van der Waals surface area (Å²) in [5, 5.41) is 10.2. The second kappa shape index (κ2) is 5.54. The number of aryl methyl sites for hydroxylation is 1. The van der Waals surface area contributed by atoms with E-state index >= 15 is 0 Å². The number of benzene rings is 1. The van der Waals surface area contributed by atoms with Gasteiger partial charge in [0.2, 0.25) is 0 Å². The van der Waals surface area contributed by atoms with Gasteiger partial charge >= 0.3 is 0 Å². The molecule has 1 fully saturated rings. The van der Waals surface area contributed by atoms with Crippen LogP contribution in [0.5, 0.6) is 5.75 Å². The van der Waals surface area contributed by atoms with Gasteiger partial charge in [-0.15, -0.1) is 0 Å². The second-order valence-electron chi connectivity index (χ2n) is 6.90. The fourth-order valence-corrected chi connectivity index (χ4v) is 2.89. The molecule has 0 radical (unpaired) electrons. The quantitative estimate of drug-likeness (QED) is 0.870. The van der Waals surface area contributed by atoms with Crippen molar-refractivity contribution in [3.05, 3.63) is 28.8 Å². The molecule has 2 heteroatoms. The number of hydrogen-bond acceptors (Lipinski definition) is 2. The number of hydrogen-bond donors (Lipinski definition) is 1. The molecule has 2 rings (SSSR count). The minimum atomic E-state index is -0.00719. The van der Waals surface area contributed by atoms with Crippen molar-refractivity contribution < 1.29 is 5.11 Å². The molecule has 106 valence electrons. The zero-order valence-corrected chi connectivity index (χ0v) is 12.8. The lowest BCUT2D eigenvalue weighted by Gasteiger charge is -2.28. The Morgan fingerprint density at radius 3 is 2.32 bits per heavy atom. The topological polar surface area (TPSA) is 23.5 Å². The highest BCUT2D eigenvalue weighted by molar-refractivity contribution is 5.46. The van der Waals surface area contributed by atoms with Crippen molar-refractivity contribution >= 4 is 0 Å². The van der Waals surface area contributed by atoms with Crippen molar-refractivity contribution in [1.29, 1.82) is 0 Å². The molecule has 0 aliphatic carbocycles. The van der Waals surface area contributed by atoms with Crippen LogP contribution in [0.1, 0.15) is 56.7 Å². The summed E-state index contributed by atoms with van der Waals surface area (Å²) < 4.78 is 0. The number of aromatic hydroxyl groups is 1. The smallest absolute Gasteiger partial charge is 0.122 e. The van der Waals surface area contributed by atoms with E-state index < -0.39 is 0 Å². The minimum absolute atomic E-state index is 0.00719. The summed E-state index contributed by atoms with van der Waals surface area (Å²) in [6.45, 7) is 11.9. The molecule has 0 atom stereocenters. The van der Waals surface area contributed by atoms with Gasteiger partial charge in [0.25, 0.3) is 0 Å². The van der Waals surface area contributed by atoms with Crippen LogP contribution in [0.15, 0.2) is 12.1 Å². The summed E-state index contributed by atoms with van der Waals surface area (Å²) in [6.07, 6.45) is 4.02. The van der Waals surface area contributed by atoms with E-state index in [-0.39, 0.29) is 5.41 Å². The lowest BCUT2D eigenvalue weighted by atomic mass is 9.84. The Morgan fingerprint density at radius 1 is 1.11 bits per heavy atom. The van der Waals surface area contributed by atoms with E-state index in [4.69, 9.17) is 0 Å². The number of piperidine rings is 1. The van der Waals surface area contributed by atoms with Crippen LogP contribution in [0.3, 0.4) is 0 Å². The van der Waals surface area contributed by atoms with Gasteiger partial charge in [-0.05, 0) is 55.0 Å². The van der Waals surface area contributed by atoms with Crippen LogP contribution >= 0.6 is 0 Å². The van der Waals surface area contributed by atoms with Crippen LogP contribution in [0, 0.1) is 6.92 Å². The van der Waals surface area contributed by atoms with E-state index in [2.05, 4.69) is 37.8 Å². The first-order valence-corrected chi connectivity index (χ1v) is 7.43. The third-order valence-corrected chi connectivity index (χ3v) is 4.02. The second-order valence-corrected chi connectivity index (χ2v) is 6.90. The maximum atomic E-state index is 10.2. The number of nitrogens with zero attached hydrogens (tertiary/aromatic N) is 1. The first kappa shape index (κ1) is 14.4. The van der Waals surface area contributed by atoms with Crippen LogP contribution in [0.25, 0.3) is 0 Å². The number of phenolic OH excluding ortho intramolecular Hbond substituents is 1. The molecule has 0 spiro atoms. The van der Waals surface area contributed by atoms with Gasteiger partial charge < -0.3 is 5.11 Å². The van der Waals surface area contributed by atoms with E-state index in [0.29, 0.717) is 5.75 Å². The molecule has 0 amide bonds. The molecule has 0 bridgehead atoms. The van der Waals surface area contributed by atoms with Crippen molar-refractivity contribution in [2.75, 3.05) is 13.1 Å². The predicted molar refractivity (Wildman–Crippen MR) is 80.7 cm³/mol. The van der Waals surface area contributed by atoms with Gasteiger partial charge in [-0.25, -0.2) is 0 Å². The molecule has 0 unspecified atom stereocenters. The normalized spacial score (nSPS) is 17.7. The first-order chi connectivity index (χ1) is 8.88. The standard InChI is InChI=1S/C17H27NO/c1-13-10-14(12-18-8-6-5-7-9-18)11-15(16(13)19)17(2,3)4/h10-11,19H,5-9,12H2,1-4H3. The van der Waals surface area contributed by atoms with E-state index in [1.165, 1.54) is 37.9 Å². The zero-order chi connectivity index (χ0) is 14.0. The molecular weight excluding hydrogens is 234 g/mol. The minimum Gasteiger partial charge on any atom is -0.507 e. The summed E-state index contributed by atoms with van der Waals surface area (Å²) in [5.41, 5.74) is 3.40. The van der Waals surface area contributed by atoms with E-state index in [1.54, 1.807) is 0 Å². The van der Waals surface area contributed by atoms with Gasteiger partial charge in [0.05, 0.1) is 0 Å². The average Bonchev–Trinajstić information content (AvgIpc) is 2.33. The molecule has 1 aromatic carbocycles. The first-order valence-electron chi connectivity index (χ1n) is 7.43. The van der Waals surface area contributed by atoms with Crippen LogP contribution in [0.2, 0.25) is 0 Å². The predicted octanol–water partition coefficient (Wildman–Crippen LogP) is 3.98. The van der Waals surface area contributed by atoms with Crippen LogP contribution < -0.4 is 0 Å². The molecule has 1 aromatic rings. The molecule has 2 nitrogen and oxygen atoms in total. The number of likely N-dealkylation sites (tertiary alicyclic amines) is 1. The van der Waals surface area contributed by atoms with E-state index in [9.17, 15) is 5.11 Å². The van der Waals surface area contributed by atoms with Crippen molar-refractivity contribution in [3.63, 3.8) is 0 Å². The highest BCUT2D eigenvalue weighted by atomic mass is 16.3. The Kier molecular flexibility index (Phi) is 4.19. The van der Waals surface area contributed by atoms with Crippen molar-refractivity contribution in [3.8, 4) is 5.75 Å². The molecule has 0 aromatic heterocycles. The average molecular weight is 261 g/mol. The molecule has 1 aliphatic heterocycles. The Morgan fingerprint density at radius 2 is 1.74 bits per heavy atom. The Labute approximate surface area is 117 Å². The van der Waals surface area contributed by atoms with Crippen molar-refractivity contribution in [2.45, 2.75) is 58.9 Å². The van der Waals surface area contributed by atoms with Crippen molar-refractivity contribution in [2.24, 2.45) is 0 Å². The fraction of sp³-hybridized carbons (Fsp3) is 0.647. The Bertz CT molecular complexity index is 439. The van der Waals surface area contributed by atoms with Gasteiger partial charge in [-0.1, -0.05) is 39.3 Å². The molecule has 1 saturated heterocycles. The monoisotopic (exact) mass is 261 g/mol. The SMILES string of the molecule is Cc1cc(CN2CCCCC2)cc(C(C)(C)C)c1O. The number of phenols is 1. The molecule has 0 saturated carbocycles. The third-order valence-electron chi connectivity index (χ3n) is 4.02. The molecule has 1 N–H and O–H groups in total. The molecule has 1 heterocycles. The highest BCUT2D eigenvalue weighted by Gasteiger charge is 2.21.